The number of nitrogens with two attached hydrogens (primary N) is 2. The first kappa shape index (κ1) is 10.2. The van der Waals surface area contributed by atoms with Crippen LogP contribution in [0.1, 0.15) is 12.8 Å². The minimum absolute atomic E-state index is 0.446. The van der Waals surface area contributed by atoms with Crippen LogP contribution in [0.4, 0.5) is 13.2 Å². The van der Waals surface area contributed by atoms with Gasteiger partial charge in [0.25, 0.3) is 0 Å². The van der Waals surface area contributed by atoms with Gasteiger partial charge in [0.1, 0.15) is 0 Å². The minimum atomic E-state index is -4.27. The molecule has 0 aromatic carbocycles. The van der Waals surface area contributed by atoms with E-state index in [4.69, 9.17) is 5.73 Å². The lowest BCUT2D eigenvalue weighted by molar-refractivity contribution is -0.137. The zero-order valence-electron chi connectivity index (χ0n) is 5.69. The molecule has 6 heteroatoms. The molecule has 0 radical (unpaired) electrons. The van der Waals surface area contributed by atoms with Crippen molar-refractivity contribution in [1.29, 1.82) is 0 Å². The fourth-order valence-electron chi connectivity index (χ4n) is 0.461. The maximum atomic E-state index is 11.5. The Morgan fingerprint density at radius 2 is 1.91 bits per heavy atom. The van der Waals surface area contributed by atoms with E-state index in [0.717, 1.165) is 0 Å². The first-order valence-electron chi connectivity index (χ1n) is 2.94. The molecule has 0 aliphatic carbocycles. The SMILES string of the molecule is NC(=O)[C@H](N)CCC(F)(F)F. The van der Waals surface area contributed by atoms with E-state index in [1.165, 1.54) is 0 Å². The minimum Gasteiger partial charge on any atom is -0.368 e. The van der Waals surface area contributed by atoms with E-state index in [1.54, 1.807) is 0 Å². The van der Waals surface area contributed by atoms with E-state index in [1.807, 2.05) is 0 Å². The standard InChI is InChI=1S/C5H9F3N2O/c6-5(7,8)2-1-3(9)4(10)11/h3H,1-2,9H2,(H2,10,11)/t3-/m1/s1. The van der Waals surface area contributed by atoms with Crippen LogP contribution in [0.25, 0.3) is 0 Å². The average molecular weight is 170 g/mol. The van der Waals surface area contributed by atoms with E-state index in [9.17, 15) is 18.0 Å². The molecule has 0 aliphatic heterocycles. The fourth-order valence-corrected chi connectivity index (χ4v) is 0.461. The quantitative estimate of drug-likeness (QED) is 0.632. The lowest BCUT2D eigenvalue weighted by atomic mass is 10.1. The largest absolute Gasteiger partial charge is 0.389 e. The molecule has 0 spiro atoms. The average Bonchev–Trinajstić information content (AvgIpc) is 1.80. The molecule has 0 rings (SSSR count). The Kier molecular flexibility index (Phi) is 3.31. The summed E-state index contributed by atoms with van der Waals surface area (Å²) in [7, 11) is 0. The molecule has 0 saturated heterocycles. The van der Waals surface area contributed by atoms with Gasteiger partial charge in [0.15, 0.2) is 0 Å². The van der Waals surface area contributed by atoms with Crippen molar-refractivity contribution in [3.8, 4) is 0 Å². The van der Waals surface area contributed by atoms with Gasteiger partial charge in [-0.25, -0.2) is 0 Å². The van der Waals surface area contributed by atoms with Crippen molar-refractivity contribution in [1.82, 2.24) is 0 Å². The second-order valence-electron chi connectivity index (χ2n) is 2.16. The van der Waals surface area contributed by atoms with E-state index in [0.29, 0.717) is 0 Å². The van der Waals surface area contributed by atoms with Crippen LogP contribution >= 0.6 is 0 Å². The summed E-state index contributed by atoms with van der Waals surface area (Å²) in [5, 5.41) is 0. The highest BCUT2D eigenvalue weighted by molar-refractivity contribution is 5.79. The molecule has 1 atom stereocenters. The van der Waals surface area contributed by atoms with Crippen molar-refractivity contribution < 1.29 is 18.0 Å². The zero-order valence-corrected chi connectivity index (χ0v) is 5.69. The third-order valence-electron chi connectivity index (χ3n) is 1.10. The normalized spacial score (nSPS) is 14.5. The van der Waals surface area contributed by atoms with Crippen molar-refractivity contribution >= 4 is 5.91 Å². The van der Waals surface area contributed by atoms with Crippen molar-refractivity contribution in [2.75, 3.05) is 0 Å². The Balaban J connectivity index is 3.63. The first-order valence-corrected chi connectivity index (χ1v) is 2.94. The Bertz CT molecular complexity index is 145. The summed E-state index contributed by atoms with van der Waals surface area (Å²) in [5.41, 5.74) is 9.58. The number of hydrogen-bond acceptors (Lipinski definition) is 2. The lowest BCUT2D eigenvalue weighted by Gasteiger charge is -2.08. The molecule has 1 amide bonds. The van der Waals surface area contributed by atoms with Crippen LogP contribution in [-0.4, -0.2) is 18.1 Å². The topological polar surface area (TPSA) is 69.1 Å². The van der Waals surface area contributed by atoms with Gasteiger partial charge in [0, 0.05) is 6.42 Å². The highest BCUT2D eigenvalue weighted by Crippen LogP contribution is 2.21. The summed E-state index contributed by atoms with van der Waals surface area (Å²) in [5.74, 6) is -0.908. The predicted octanol–water partition coefficient (Wildman–Crippen LogP) is 0.141. The molecule has 0 aromatic heterocycles. The second-order valence-corrected chi connectivity index (χ2v) is 2.16. The smallest absolute Gasteiger partial charge is 0.368 e. The third kappa shape index (κ3) is 5.65. The van der Waals surface area contributed by atoms with Crippen molar-refractivity contribution in [3.63, 3.8) is 0 Å². The molecular formula is C5H9F3N2O. The van der Waals surface area contributed by atoms with Crippen LogP contribution in [0.5, 0.6) is 0 Å². The van der Waals surface area contributed by atoms with Crippen LogP contribution in [0.3, 0.4) is 0 Å². The van der Waals surface area contributed by atoms with Gasteiger partial charge in [-0.3, -0.25) is 4.79 Å². The van der Waals surface area contributed by atoms with Crippen LogP contribution in [0, 0.1) is 0 Å². The van der Waals surface area contributed by atoms with E-state index in [-0.39, 0.29) is 0 Å². The van der Waals surface area contributed by atoms with Crippen LogP contribution in [-0.2, 0) is 4.79 Å². The number of rotatable bonds is 3. The summed E-state index contributed by atoms with van der Waals surface area (Å²) >= 11 is 0. The summed E-state index contributed by atoms with van der Waals surface area (Å²) in [4.78, 5) is 10.1. The molecule has 0 unspecified atom stereocenters. The number of carbonyl (C=O) groups excluding carboxylic acids is 1. The van der Waals surface area contributed by atoms with E-state index >= 15 is 0 Å². The molecule has 0 aliphatic rings. The van der Waals surface area contributed by atoms with Gasteiger partial charge in [0.2, 0.25) is 5.91 Å². The molecule has 0 fully saturated rings. The van der Waals surface area contributed by atoms with Gasteiger partial charge in [0.05, 0.1) is 6.04 Å². The summed E-state index contributed by atoms with van der Waals surface area (Å²) in [6, 6.07) is -1.20. The summed E-state index contributed by atoms with van der Waals surface area (Å²) in [6.07, 6.45) is -5.79. The van der Waals surface area contributed by atoms with Gasteiger partial charge in [-0.1, -0.05) is 0 Å². The van der Waals surface area contributed by atoms with Crippen LogP contribution in [0.15, 0.2) is 0 Å². The Hall–Kier alpha value is -0.780. The number of carbonyl (C=O) groups is 1. The van der Waals surface area contributed by atoms with Gasteiger partial charge in [-0.2, -0.15) is 13.2 Å². The number of primary amides is 1. The van der Waals surface area contributed by atoms with Crippen molar-refractivity contribution in [2.24, 2.45) is 11.5 Å². The maximum Gasteiger partial charge on any atom is 0.389 e. The van der Waals surface area contributed by atoms with E-state index in [2.05, 4.69) is 5.73 Å². The number of halogens is 3. The van der Waals surface area contributed by atoms with Crippen molar-refractivity contribution in [3.05, 3.63) is 0 Å². The Morgan fingerprint density at radius 3 is 2.18 bits per heavy atom. The number of hydrogen-bond donors (Lipinski definition) is 2. The Labute approximate surface area is 61.5 Å². The van der Waals surface area contributed by atoms with Crippen molar-refractivity contribution in [2.45, 2.75) is 25.1 Å². The Morgan fingerprint density at radius 1 is 1.45 bits per heavy atom. The molecular weight excluding hydrogens is 161 g/mol. The van der Waals surface area contributed by atoms with E-state index < -0.39 is 31.0 Å². The molecule has 0 heterocycles. The number of alkyl halides is 3. The lowest BCUT2D eigenvalue weighted by Crippen LogP contribution is -2.37. The van der Waals surface area contributed by atoms with Gasteiger partial charge in [-0.15, -0.1) is 0 Å². The molecule has 4 N–H and O–H groups in total. The molecule has 0 aromatic rings. The van der Waals surface area contributed by atoms with Crippen LogP contribution < -0.4 is 11.5 Å². The highest BCUT2D eigenvalue weighted by atomic mass is 19.4. The maximum absolute atomic E-state index is 11.5. The third-order valence-corrected chi connectivity index (χ3v) is 1.10. The fraction of sp³-hybridized carbons (Fsp3) is 0.800. The highest BCUT2D eigenvalue weighted by Gasteiger charge is 2.28. The zero-order chi connectivity index (χ0) is 9.07. The van der Waals surface area contributed by atoms with Gasteiger partial charge < -0.3 is 11.5 Å². The molecule has 0 bridgehead atoms. The predicted molar refractivity (Wildman–Crippen MR) is 32.5 cm³/mol. The van der Waals surface area contributed by atoms with Gasteiger partial charge >= 0.3 is 6.18 Å². The van der Waals surface area contributed by atoms with Gasteiger partial charge in [-0.05, 0) is 6.42 Å². The molecule has 3 nitrogen and oxygen atoms in total. The molecule has 66 valence electrons. The monoisotopic (exact) mass is 170 g/mol. The van der Waals surface area contributed by atoms with Crippen LogP contribution in [0.2, 0.25) is 0 Å². The molecule has 0 saturated carbocycles. The second kappa shape index (κ2) is 3.56. The number of amides is 1. The molecule has 11 heavy (non-hydrogen) atoms. The summed E-state index contributed by atoms with van der Waals surface area (Å²) < 4.78 is 34.4. The summed E-state index contributed by atoms with van der Waals surface area (Å²) in [6.45, 7) is 0. The first-order chi connectivity index (χ1) is 4.83.